The van der Waals surface area contributed by atoms with Crippen molar-refractivity contribution >= 4 is 29.1 Å². The summed E-state index contributed by atoms with van der Waals surface area (Å²) in [6.45, 7) is 10.1. The lowest BCUT2D eigenvalue weighted by molar-refractivity contribution is 0.190. The summed E-state index contributed by atoms with van der Waals surface area (Å²) >= 11 is 3.59. The van der Waals surface area contributed by atoms with Gasteiger partial charge in [-0.3, -0.25) is 0 Å². The van der Waals surface area contributed by atoms with Crippen LogP contribution in [0.4, 0.5) is 4.79 Å². The molecule has 0 spiro atoms. The Morgan fingerprint density at radius 1 is 1.60 bits per heavy atom. The van der Waals surface area contributed by atoms with Crippen molar-refractivity contribution in [1.82, 2.24) is 15.2 Å². The first-order valence-electron chi connectivity index (χ1n) is 7.03. The number of nitrogens with zero attached hydrogens (tertiary/aromatic N) is 2. The van der Waals surface area contributed by atoms with Gasteiger partial charge in [-0.1, -0.05) is 6.92 Å². The molecule has 0 aromatic carbocycles. The molecule has 0 saturated carbocycles. The molecule has 1 atom stereocenters. The standard InChI is InChI=1S/C14H23N3OS2/c1-5-11(12-15-8-10(2)20-12)16-13(18)17-6-7-19-14(3,4)9-17/h8,11H,5-7,9H2,1-4H3,(H,16,18)/t11-/m1/s1. The van der Waals surface area contributed by atoms with Crippen LogP contribution in [0.5, 0.6) is 0 Å². The highest BCUT2D eigenvalue weighted by Crippen LogP contribution is 2.30. The Kier molecular flexibility index (Phi) is 4.96. The van der Waals surface area contributed by atoms with E-state index in [0.717, 1.165) is 30.3 Å². The Bertz CT molecular complexity index is 473. The monoisotopic (exact) mass is 313 g/mol. The molecule has 2 amide bonds. The summed E-state index contributed by atoms with van der Waals surface area (Å²) < 4.78 is 0.148. The number of aromatic nitrogens is 1. The van der Waals surface area contributed by atoms with E-state index in [4.69, 9.17) is 0 Å². The summed E-state index contributed by atoms with van der Waals surface area (Å²) in [6, 6.07) is 0.0666. The molecule has 1 fully saturated rings. The Morgan fingerprint density at radius 3 is 2.90 bits per heavy atom. The third-order valence-corrected chi connectivity index (χ3v) is 5.68. The largest absolute Gasteiger partial charge is 0.329 e. The second-order valence-corrected chi connectivity index (χ2v) is 8.82. The van der Waals surface area contributed by atoms with Crippen LogP contribution in [-0.2, 0) is 0 Å². The topological polar surface area (TPSA) is 45.2 Å². The van der Waals surface area contributed by atoms with Gasteiger partial charge in [-0.2, -0.15) is 11.8 Å². The number of hydrogen-bond donors (Lipinski definition) is 1. The summed E-state index contributed by atoms with van der Waals surface area (Å²) in [5, 5.41) is 4.13. The third kappa shape index (κ3) is 3.88. The number of urea groups is 1. The van der Waals surface area contributed by atoms with Crippen LogP contribution >= 0.6 is 23.1 Å². The maximum absolute atomic E-state index is 12.4. The Labute approximate surface area is 129 Å². The summed E-state index contributed by atoms with van der Waals surface area (Å²) in [6.07, 6.45) is 2.74. The van der Waals surface area contributed by atoms with Crippen LogP contribution in [0.3, 0.4) is 0 Å². The molecule has 112 valence electrons. The highest BCUT2D eigenvalue weighted by molar-refractivity contribution is 8.00. The fraction of sp³-hybridized carbons (Fsp3) is 0.714. The number of nitrogens with one attached hydrogen (secondary N) is 1. The first-order chi connectivity index (χ1) is 9.41. The van der Waals surface area contributed by atoms with Crippen LogP contribution in [-0.4, -0.2) is 39.5 Å². The molecule has 6 heteroatoms. The van der Waals surface area contributed by atoms with Gasteiger partial charge in [0.05, 0.1) is 6.04 Å². The molecule has 1 aliphatic heterocycles. The van der Waals surface area contributed by atoms with Crippen LogP contribution in [0.25, 0.3) is 0 Å². The minimum absolute atomic E-state index is 0.0268. The average Bonchev–Trinajstić information content (AvgIpc) is 2.81. The predicted molar refractivity (Wildman–Crippen MR) is 86.5 cm³/mol. The number of thiazole rings is 1. The van der Waals surface area contributed by atoms with Crippen LogP contribution in [0, 0.1) is 6.92 Å². The van der Waals surface area contributed by atoms with Crippen molar-refractivity contribution in [3.05, 3.63) is 16.1 Å². The molecule has 1 N–H and O–H groups in total. The van der Waals surface area contributed by atoms with Crippen LogP contribution in [0.2, 0.25) is 0 Å². The summed E-state index contributed by atoms with van der Waals surface area (Å²) in [4.78, 5) is 19.9. The van der Waals surface area contributed by atoms with Gasteiger partial charge in [-0.25, -0.2) is 9.78 Å². The van der Waals surface area contributed by atoms with E-state index in [2.05, 4.69) is 31.1 Å². The molecule has 0 radical (unpaired) electrons. The van der Waals surface area contributed by atoms with Crippen LogP contribution in [0.1, 0.15) is 43.1 Å². The molecule has 1 aliphatic rings. The second-order valence-electron chi connectivity index (χ2n) is 5.75. The predicted octanol–water partition coefficient (Wildman–Crippen LogP) is 3.44. The number of amides is 2. The van der Waals surface area contributed by atoms with Crippen molar-refractivity contribution in [2.75, 3.05) is 18.8 Å². The number of rotatable bonds is 3. The minimum atomic E-state index is 0.0268. The molecule has 0 bridgehead atoms. The van der Waals surface area contributed by atoms with E-state index < -0.39 is 0 Å². The van der Waals surface area contributed by atoms with Crippen LogP contribution < -0.4 is 5.32 Å². The van der Waals surface area contributed by atoms with Gasteiger partial charge >= 0.3 is 6.03 Å². The van der Waals surface area contributed by atoms with E-state index in [9.17, 15) is 4.79 Å². The lowest BCUT2D eigenvalue weighted by Crippen LogP contribution is -2.50. The molecule has 4 nitrogen and oxygen atoms in total. The van der Waals surface area contributed by atoms with E-state index in [1.165, 1.54) is 4.88 Å². The van der Waals surface area contributed by atoms with Gasteiger partial charge in [0.25, 0.3) is 0 Å². The zero-order chi connectivity index (χ0) is 14.8. The fourth-order valence-corrected chi connectivity index (χ4v) is 4.32. The molecule has 2 rings (SSSR count). The summed E-state index contributed by atoms with van der Waals surface area (Å²) in [5.74, 6) is 1.01. The molecule has 2 heterocycles. The SMILES string of the molecule is CC[C@@H](NC(=O)N1CCSC(C)(C)C1)c1ncc(C)s1. The summed E-state index contributed by atoms with van der Waals surface area (Å²) in [7, 11) is 0. The van der Waals surface area contributed by atoms with Crippen molar-refractivity contribution in [3.63, 3.8) is 0 Å². The second kappa shape index (κ2) is 6.35. The number of carbonyl (C=O) groups is 1. The lowest BCUT2D eigenvalue weighted by Gasteiger charge is -2.38. The first kappa shape index (κ1) is 15.6. The number of hydrogen-bond acceptors (Lipinski definition) is 4. The molecular weight excluding hydrogens is 290 g/mol. The molecule has 20 heavy (non-hydrogen) atoms. The van der Waals surface area contributed by atoms with Gasteiger partial charge in [-0.15, -0.1) is 11.3 Å². The van der Waals surface area contributed by atoms with Crippen molar-refractivity contribution in [2.24, 2.45) is 0 Å². The van der Waals surface area contributed by atoms with Gasteiger partial charge in [0.1, 0.15) is 5.01 Å². The maximum atomic E-state index is 12.4. The smallest absolute Gasteiger partial charge is 0.318 e. The molecule has 0 unspecified atom stereocenters. The summed E-state index contributed by atoms with van der Waals surface area (Å²) in [5.41, 5.74) is 0. The Hall–Kier alpha value is -0.750. The highest BCUT2D eigenvalue weighted by Gasteiger charge is 2.30. The van der Waals surface area contributed by atoms with E-state index in [0.29, 0.717) is 0 Å². The fourth-order valence-electron chi connectivity index (χ4n) is 2.30. The van der Waals surface area contributed by atoms with E-state index in [1.807, 2.05) is 29.8 Å². The molecule has 1 aromatic rings. The van der Waals surface area contributed by atoms with Gasteiger partial charge in [-0.05, 0) is 27.2 Å². The lowest BCUT2D eigenvalue weighted by atomic mass is 10.2. The number of aryl methyl sites for hydroxylation is 1. The molecule has 1 saturated heterocycles. The van der Waals surface area contributed by atoms with E-state index in [-0.39, 0.29) is 16.8 Å². The van der Waals surface area contributed by atoms with Crippen molar-refractivity contribution in [1.29, 1.82) is 0 Å². The first-order valence-corrected chi connectivity index (χ1v) is 8.83. The number of thioether (sulfide) groups is 1. The van der Waals surface area contributed by atoms with Gasteiger partial charge in [0, 0.05) is 34.7 Å². The molecule has 0 aliphatic carbocycles. The quantitative estimate of drug-likeness (QED) is 0.930. The average molecular weight is 313 g/mol. The third-order valence-electron chi connectivity index (χ3n) is 3.36. The maximum Gasteiger partial charge on any atom is 0.318 e. The zero-order valence-corrected chi connectivity index (χ0v) is 14.2. The van der Waals surface area contributed by atoms with Gasteiger partial charge < -0.3 is 10.2 Å². The van der Waals surface area contributed by atoms with E-state index >= 15 is 0 Å². The van der Waals surface area contributed by atoms with Crippen molar-refractivity contribution < 1.29 is 4.79 Å². The Morgan fingerprint density at radius 2 is 2.35 bits per heavy atom. The van der Waals surface area contributed by atoms with Crippen molar-refractivity contribution in [3.8, 4) is 0 Å². The normalized spacial score (nSPS) is 19.7. The minimum Gasteiger partial charge on any atom is -0.329 e. The zero-order valence-electron chi connectivity index (χ0n) is 12.6. The molecule has 1 aromatic heterocycles. The van der Waals surface area contributed by atoms with E-state index in [1.54, 1.807) is 11.3 Å². The Balaban J connectivity index is 1.99. The number of carbonyl (C=O) groups excluding carboxylic acids is 1. The van der Waals surface area contributed by atoms with Gasteiger partial charge in [0.2, 0.25) is 0 Å². The van der Waals surface area contributed by atoms with Gasteiger partial charge in [0.15, 0.2) is 0 Å². The molecular formula is C14H23N3OS2. The highest BCUT2D eigenvalue weighted by atomic mass is 32.2. The van der Waals surface area contributed by atoms with Crippen LogP contribution in [0.15, 0.2) is 6.20 Å². The van der Waals surface area contributed by atoms with Crippen molar-refractivity contribution in [2.45, 2.75) is 44.9 Å².